The lowest BCUT2D eigenvalue weighted by atomic mass is 9.95. The Morgan fingerprint density at radius 1 is 1.13 bits per heavy atom. The van der Waals surface area contributed by atoms with Gasteiger partial charge in [0.2, 0.25) is 0 Å². The van der Waals surface area contributed by atoms with E-state index in [0.717, 1.165) is 43.6 Å². The lowest BCUT2D eigenvalue weighted by molar-refractivity contribution is 0.00706. The second kappa shape index (κ2) is 10.5. The van der Waals surface area contributed by atoms with Crippen molar-refractivity contribution in [3.63, 3.8) is 0 Å². The van der Waals surface area contributed by atoms with Gasteiger partial charge in [-0.25, -0.2) is 9.37 Å². The SMILES string of the molecule is O[C@@H]1CO[C@H]2[C@@H]1OC[C@H]2Oc1nc2nc(CC3CCc4cc(OCCN5CCCC5)cc(F)c43)c(Cl)cc2[nH]1. The molecule has 5 atom stereocenters. The minimum absolute atomic E-state index is 0.0192. The Kier molecular flexibility index (Phi) is 6.84. The maximum absolute atomic E-state index is 15.3. The molecule has 208 valence electrons. The van der Waals surface area contributed by atoms with E-state index >= 15 is 4.39 Å². The van der Waals surface area contributed by atoms with Gasteiger partial charge in [0.25, 0.3) is 6.01 Å². The van der Waals surface area contributed by atoms with E-state index in [4.69, 9.17) is 35.5 Å². The number of likely N-dealkylation sites (tertiary alicyclic amines) is 1. The number of H-pyrrole nitrogens is 1. The van der Waals surface area contributed by atoms with Gasteiger partial charge < -0.3 is 29.0 Å². The Morgan fingerprint density at radius 3 is 2.85 bits per heavy atom. The van der Waals surface area contributed by atoms with Crippen LogP contribution in [0.2, 0.25) is 5.02 Å². The van der Waals surface area contributed by atoms with Gasteiger partial charge in [0.15, 0.2) is 11.8 Å². The van der Waals surface area contributed by atoms with Gasteiger partial charge in [-0.1, -0.05) is 11.6 Å². The van der Waals surface area contributed by atoms with Crippen LogP contribution >= 0.6 is 11.6 Å². The summed E-state index contributed by atoms with van der Waals surface area (Å²) in [5.41, 5.74) is 3.54. The summed E-state index contributed by atoms with van der Waals surface area (Å²) >= 11 is 6.62. The molecule has 0 radical (unpaired) electrons. The first kappa shape index (κ1) is 25.5. The van der Waals surface area contributed by atoms with Crippen molar-refractivity contribution in [2.24, 2.45) is 0 Å². The van der Waals surface area contributed by atoms with Crippen molar-refractivity contribution in [1.82, 2.24) is 19.9 Å². The van der Waals surface area contributed by atoms with Gasteiger partial charge in [-0.2, -0.15) is 4.98 Å². The number of benzene rings is 1. The largest absolute Gasteiger partial charge is 0.492 e. The number of pyridine rings is 1. The molecule has 5 heterocycles. The minimum Gasteiger partial charge on any atom is -0.492 e. The third-order valence-corrected chi connectivity index (χ3v) is 8.72. The number of aliphatic hydroxyl groups is 1. The van der Waals surface area contributed by atoms with Crippen LogP contribution in [0.25, 0.3) is 11.2 Å². The summed E-state index contributed by atoms with van der Waals surface area (Å²) in [5.74, 6) is 0.355. The number of nitrogens with zero attached hydrogens (tertiary/aromatic N) is 3. The molecule has 2 N–H and O–H groups in total. The van der Waals surface area contributed by atoms with E-state index in [-0.39, 0.29) is 36.7 Å². The molecule has 7 rings (SSSR count). The third kappa shape index (κ3) is 4.97. The lowest BCUT2D eigenvalue weighted by Gasteiger charge is -2.16. The number of ether oxygens (including phenoxy) is 4. The van der Waals surface area contributed by atoms with E-state index in [1.54, 1.807) is 6.07 Å². The van der Waals surface area contributed by atoms with Crippen LogP contribution in [0.1, 0.15) is 42.0 Å². The molecule has 0 amide bonds. The van der Waals surface area contributed by atoms with Crippen molar-refractivity contribution in [2.75, 3.05) is 39.5 Å². The number of nitrogens with one attached hydrogen (secondary N) is 1. The molecule has 0 spiro atoms. The van der Waals surface area contributed by atoms with Gasteiger partial charge in [-0.3, -0.25) is 4.90 Å². The zero-order valence-electron chi connectivity index (χ0n) is 21.6. The van der Waals surface area contributed by atoms with E-state index in [1.165, 1.54) is 18.9 Å². The highest BCUT2D eigenvalue weighted by Gasteiger charge is 2.48. The van der Waals surface area contributed by atoms with Gasteiger partial charge >= 0.3 is 0 Å². The van der Waals surface area contributed by atoms with Crippen molar-refractivity contribution in [1.29, 1.82) is 0 Å². The number of hydrogen-bond acceptors (Lipinski definition) is 8. The molecule has 2 aromatic heterocycles. The van der Waals surface area contributed by atoms with Crippen LogP contribution in [0.15, 0.2) is 18.2 Å². The number of hydrogen-bond donors (Lipinski definition) is 2. The van der Waals surface area contributed by atoms with Crippen molar-refractivity contribution in [2.45, 2.75) is 62.4 Å². The molecule has 1 aromatic carbocycles. The summed E-state index contributed by atoms with van der Waals surface area (Å²) in [6, 6.07) is 5.58. The molecule has 9 nitrogen and oxygen atoms in total. The van der Waals surface area contributed by atoms with Crippen molar-refractivity contribution >= 4 is 22.8 Å². The van der Waals surface area contributed by atoms with Crippen LogP contribution in [0.5, 0.6) is 11.8 Å². The van der Waals surface area contributed by atoms with Crippen molar-refractivity contribution in [3.8, 4) is 11.8 Å². The molecule has 3 saturated heterocycles. The van der Waals surface area contributed by atoms with Gasteiger partial charge in [-0.05, 0) is 74.4 Å². The number of aromatic nitrogens is 3. The molecular weight excluding hydrogens is 527 g/mol. The van der Waals surface area contributed by atoms with Gasteiger partial charge in [0, 0.05) is 12.6 Å². The minimum atomic E-state index is -0.647. The molecule has 3 fully saturated rings. The van der Waals surface area contributed by atoms with E-state index in [9.17, 15) is 5.11 Å². The normalized spacial score (nSPS) is 28.3. The van der Waals surface area contributed by atoms with Crippen LogP contribution in [0.4, 0.5) is 4.39 Å². The predicted molar refractivity (Wildman–Crippen MR) is 141 cm³/mol. The summed E-state index contributed by atoms with van der Waals surface area (Å²) in [7, 11) is 0. The summed E-state index contributed by atoms with van der Waals surface area (Å²) < 4.78 is 38.4. The summed E-state index contributed by atoms with van der Waals surface area (Å²) in [5, 5.41) is 10.5. The monoisotopic (exact) mass is 558 g/mol. The second-order valence-corrected chi connectivity index (χ2v) is 11.4. The summed E-state index contributed by atoms with van der Waals surface area (Å²) in [6.07, 6.45) is 2.87. The van der Waals surface area contributed by atoms with Crippen LogP contribution in [-0.4, -0.2) is 88.8 Å². The van der Waals surface area contributed by atoms with Crippen LogP contribution in [0, 0.1) is 5.82 Å². The van der Waals surface area contributed by atoms with E-state index in [1.807, 2.05) is 6.07 Å². The predicted octanol–water partition coefficient (Wildman–Crippen LogP) is 3.40. The Morgan fingerprint density at radius 2 is 1.97 bits per heavy atom. The number of fused-ring (bicyclic) bond motifs is 3. The first-order chi connectivity index (χ1) is 19.0. The average molecular weight is 559 g/mol. The fourth-order valence-corrected chi connectivity index (χ4v) is 6.65. The van der Waals surface area contributed by atoms with E-state index in [0.29, 0.717) is 53.3 Å². The highest BCUT2D eigenvalue weighted by Crippen LogP contribution is 2.40. The number of aryl methyl sites for hydroxylation is 1. The number of rotatable bonds is 8. The van der Waals surface area contributed by atoms with Crippen molar-refractivity contribution < 1.29 is 28.4 Å². The highest BCUT2D eigenvalue weighted by atomic mass is 35.5. The summed E-state index contributed by atoms with van der Waals surface area (Å²) in [4.78, 5) is 14.7. The molecule has 39 heavy (non-hydrogen) atoms. The third-order valence-electron chi connectivity index (χ3n) is 8.40. The van der Waals surface area contributed by atoms with Crippen LogP contribution in [0.3, 0.4) is 0 Å². The van der Waals surface area contributed by atoms with Crippen LogP contribution < -0.4 is 9.47 Å². The standard InChI is InChI=1S/C28H32ClFN4O5/c29-18-12-21-27(33-28(32-21)39-23-14-38-25-22(35)13-37-26(23)25)31-20(18)10-16-4-3-15-9-17(11-19(30)24(15)16)36-8-7-34-5-1-2-6-34/h9,11-12,16,22-23,25-26,35H,1-8,10,13-14H2,(H,31,32,33)/t16?,22-,23-,25-,26-/m1/s1. The Bertz CT molecular complexity index is 1370. The number of imidazole rings is 1. The van der Waals surface area contributed by atoms with Gasteiger partial charge in [0.05, 0.1) is 29.4 Å². The average Bonchev–Trinajstić information content (AvgIpc) is 3.73. The fourth-order valence-electron chi connectivity index (χ4n) is 6.42. The Labute approximate surface area is 230 Å². The highest BCUT2D eigenvalue weighted by molar-refractivity contribution is 6.31. The molecule has 0 saturated carbocycles. The molecule has 1 unspecified atom stereocenters. The van der Waals surface area contributed by atoms with Crippen LogP contribution in [-0.2, 0) is 22.3 Å². The molecule has 11 heteroatoms. The number of aliphatic hydroxyl groups excluding tert-OH is 1. The van der Waals surface area contributed by atoms with Gasteiger partial charge in [-0.15, -0.1) is 0 Å². The van der Waals surface area contributed by atoms with Crippen molar-refractivity contribution in [3.05, 3.63) is 45.9 Å². The Balaban J connectivity index is 1.03. The quantitative estimate of drug-likeness (QED) is 0.434. The molecule has 1 aliphatic carbocycles. The topological polar surface area (TPSA) is 102 Å². The molecule has 0 bridgehead atoms. The maximum Gasteiger partial charge on any atom is 0.296 e. The Hall–Kier alpha value is -2.50. The smallest absolute Gasteiger partial charge is 0.296 e. The second-order valence-electron chi connectivity index (χ2n) is 11.0. The zero-order chi connectivity index (χ0) is 26.5. The molecule has 4 aliphatic rings. The lowest BCUT2D eigenvalue weighted by Crippen LogP contribution is -2.34. The molecular formula is C28H32ClFN4O5. The zero-order valence-corrected chi connectivity index (χ0v) is 22.3. The number of halogens is 2. The first-order valence-corrected chi connectivity index (χ1v) is 14.2. The fraction of sp³-hybridized carbons (Fsp3) is 0.571. The molecule has 3 aromatic rings. The van der Waals surface area contributed by atoms with E-state index in [2.05, 4.69) is 14.9 Å². The number of aromatic amines is 1. The van der Waals surface area contributed by atoms with E-state index < -0.39 is 6.10 Å². The maximum atomic E-state index is 15.3. The molecule has 3 aliphatic heterocycles. The summed E-state index contributed by atoms with van der Waals surface area (Å²) in [6.45, 7) is 4.22. The van der Waals surface area contributed by atoms with Gasteiger partial charge in [0.1, 0.15) is 36.5 Å². The first-order valence-electron chi connectivity index (χ1n) is 13.8.